The van der Waals surface area contributed by atoms with E-state index in [1.165, 1.54) is 0 Å². The number of ether oxygens (including phenoxy) is 1. The molecule has 0 saturated carbocycles. The fourth-order valence-corrected chi connectivity index (χ4v) is 2.02. The Bertz CT molecular complexity index is 669. The molecule has 0 heterocycles. The van der Waals surface area contributed by atoms with Crippen molar-refractivity contribution in [1.82, 2.24) is 5.32 Å². The van der Waals surface area contributed by atoms with E-state index in [2.05, 4.69) is 15.6 Å². The van der Waals surface area contributed by atoms with Crippen LogP contribution in [0.3, 0.4) is 0 Å². The molecule has 0 radical (unpaired) electrons. The van der Waals surface area contributed by atoms with Crippen molar-refractivity contribution in [2.45, 2.75) is 13.0 Å². The average molecular weight is 326 g/mol. The molecule has 126 valence electrons. The van der Waals surface area contributed by atoms with Crippen molar-refractivity contribution in [1.29, 1.82) is 0 Å². The molecular formula is C18H22N4O2. The summed E-state index contributed by atoms with van der Waals surface area (Å²) in [5.41, 5.74) is 7.68. The number of nitrogens with one attached hydrogen (secondary N) is 2. The molecule has 0 fully saturated rings. The number of rotatable bonds is 7. The molecule has 0 aliphatic rings. The SMILES string of the molecule is COc1ccc(NC(N)=NCCC(=O)NCc2ccccc2)cc1. The van der Waals surface area contributed by atoms with E-state index in [0.717, 1.165) is 17.0 Å². The Morgan fingerprint density at radius 1 is 1.12 bits per heavy atom. The number of carbonyl (C=O) groups is 1. The lowest BCUT2D eigenvalue weighted by atomic mass is 10.2. The number of amides is 1. The number of aliphatic imine (C=N–C) groups is 1. The molecule has 0 aromatic heterocycles. The summed E-state index contributed by atoms with van der Waals surface area (Å²) in [6.07, 6.45) is 0.290. The van der Waals surface area contributed by atoms with E-state index in [4.69, 9.17) is 10.5 Å². The molecule has 0 aliphatic carbocycles. The van der Waals surface area contributed by atoms with Crippen molar-refractivity contribution in [3.8, 4) is 5.75 Å². The van der Waals surface area contributed by atoms with Crippen molar-refractivity contribution in [2.24, 2.45) is 10.7 Å². The standard InChI is InChI=1S/C18H22N4O2/c1-24-16-9-7-15(8-10-16)22-18(19)20-12-11-17(23)21-13-14-5-3-2-4-6-14/h2-10H,11-13H2,1H3,(H,21,23)(H3,19,20,22). The van der Waals surface area contributed by atoms with Gasteiger partial charge in [-0.15, -0.1) is 0 Å². The lowest BCUT2D eigenvalue weighted by molar-refractivity contribution is -0.121. The van der Waals surface area contributed by atoms with Gasteiger partial charge in [0.15, 0.2) is 5.96 Å². The molecule has 2 aromatic carbocycles. The number of hydrogen-bond donors (Lipinski definition) is 3. The van der Waals surface area contributed by atoms with Crippen LogP contribution >= 0.6 is 0 Å². The Balaban J connectivity index is 1.70. The second-order valence-corrected chi connectivity index (χ2v) is 5.13. The van der Waals surface area contributed by atoms with Gasteiger partial charge >= 0.3 is 0 Å². The van der Waals surface area contributed by atoms with Crippen LogP contribution in [0, 0.1) is 0 Å². The highest BCUT2D eigenvalue weighted by molar-refractivity contribution is 5.92. The first kappa shape index (κ1) is 17.3. The van der Waals surface area contributed by atoms with E-state index < -0.39 is 0 Å². The zero-order valence-electron chi connectivity index (χ0n) is 13.7. The maximum Gasteiger partial charge on any atom is 0.222 e. The van der Waals surface area contributed by atoms with Gasteiger partial charge in [0.1, 0.15) is 5.75 Å². The highest BCUT2D eigenvalue weighted by Crippen LogP contribution is 2.14. The number of nitrogens with two attached hydrogens (primary N) is 1. The third kappa shape index (κ3) is 6.00. The Morgan fingerprint density at radius 2 is 1.83 bits per heavy atom. The van der Waals surface area contributed by atoms with Gasteiger partial charge in [0, 0.05) is 18.7 Å². The highest BCUT2D eigenvalue weighted by Gasteiger charge is 2.01. The van der Waals surface area contributed by atoms with Gasteiger partial charge in [-0.05, 0) is 29.8 Å². The Kier molecular flexibility index (Phi) is 6.64. The van der Waals surface area contributed by atoms with E-state index in [1.807, 2.05) is 54.6 Å². The zero-order valence-corrected chi connectivity index (χ0v) is 13.7. The topological polar surface area (TPSA) is 88.7 Å². The number of nitrogens with zero attached hydrogens (tertiary/aromatic N) is 1. The van der Waals surface area contributed by atoms with Crippen LogP contribution in [0.5, 0.6) is 5.75 Å². The molecule has 0 saturated heterocycles. The van der Waals surface area contributed by atoms with Crippen LogP contribution in [0.1, 0.15) is 12.0 Å². The molecule has 1 amide bonds. The molecule has 6 heteroatoms. The molecule has 0 bridgehead atoms. The summed E-state index contributed by atoms with van der Waals surface area (Å²) < 4.78 is 5.09. The van der Waals surface area contributed by atoms with Gasteiger partial charge in [0.2, 0.25) is 5.91 Å². The summed E-state index contributed by atoms with van der Waals surface area (Å²) in [5, 5.41) is 5.82. The summed E-state index contributed by atoms with van der Waals surface area (Å²) in [4.78, 5) is 15.9. The summed E-state index contributed by atoms with van der Waals surface area (Å²) in [6, 6.07) is 17.1. The number of anilines is 1. The predicted molar refractivity (Wildman–Crippen MR) is 96.0 cm³/mol. The molecule has 2 aromatic rings. The quantitative estimate of drug-likeness (QED) is 0.537. The molecule has 4 N–H and O–H groups in total. The molecular weight excluding hydrogens is 304 g/mol. The van der Waals surface area contributed by atoms with Crippen molar-refractivity contribution in [2.75, 3.05) is 19.0 Å². The van der Waals surface area contributed by atoms with Crippen LogP contribution in [0.15, 0.2) is 59.6 Å². The molecule has 0 atom stereocenters. The van der Waals surface area contributed by atoms with Crippen LogP contribution in [-0.2, 0) is 11.3 Å². The van der Waals surface area contributed by atoms with Crippen molar-refractivity contribution in [3.63, 3.8) is 0 Å². The summed E-state index contributed by atoms with van der Waals surface area (Å²) in [5.74, 6) is 0.988. The number of benzene rings is 2. The monoisotopic (exact) mass is 326 g/mol. The maximum atomic E-state index is 11.8. The van der Waals surface area contributed by atoms with Crippen molar-refractivity contribution in [3.05, 3.63) is 60.2 Å². The van der Waals surface area contributed by atoms with Crippen LogP contribution in [-0.4, -0.2) is 25.5 Å². The van der Waals surface area contributed by atoms with Crippen LogP contribution in [0.4, 0.5) is 5.69 Å². The number of carbonyl (C=O) groups excluding carboxylic acids is 1. The fraction of sp³-hybridized carbons (Fsp3) is 0.222. The van der Waals surface area contributed by atoms with Crippen LogP contribution in [0.25, 0.3) is 0 Å². The molecule has 2 rings (SSSR count). The summed E-state index contributed by atoms with van der Waals surface area (Å²) in [6.45, 7) is 0.846. The summed E-state index contributed by atoms with van der Waals surface area (Å²) >= 11 is 0. The normalized spacial score (nSPS) is 11.0. The van der Waals surface area contributed by atoms with Gasteiger partial charge in [-0.2, -0.15) is 0 Å². The van der Waals surface area contributed by atoms with E-state index >= 15 is 0 Å². The first-order valence-electron chi connectivity index (χ1n) is 7.69. The van der Waals surface area contributed by atoms with Gasteiger partial charge in [0.05, 0.1) is 13.7 Å². The second-order valence-electron chi connectivity index (χ2n) is 5.13. The van der Waals surface area contributed by atoms with Gasteiger partial charge in [-0.3, -0.25) is 9.79 Å². The van der Waals surface area contributed by atoms with Gasteiger partial charge in [-0.1, -0.05) is 30.3 Å². The molecule has 0 unspecified atom stereocenters. The van der Waals surface area contributed by atoms with Gasteiger partial charge < -0.3 is 21.1 Å². The highest BCUT2D eigenvalue weighted by atomic mass is 16.5. The lowest BCUT2D eigenvalue weighted by Crippen LogP contribution is -2.25. The van der Waals surface area contributed by atoms with E-state index in [-0.39, 0.29) is 18.3 Å². The third-order valence-corrected chi connectivity index (χ3v) is 3.32. The molecule has 24 heavy (non-hydrogen) atoms. The van der Waals surface area contributed by atoms with Crippen LogP contribution < -0.4 is 21.1 Å². The molecule has 0 spiro atoms. The number of guanidine groups is 1. The Labute approximate surface area is 141 Å². The third-order valence-electron chi connectivity index (χ3n) is 3.32. The van der Waals surface area contributed by atoms with E-state index in [0.29, 0.717) is 13.1 Å². The molecule has 6 nitrogen and oxygen atoms in total. The van der Waals surface area contributed by atoms with Crippen LogP contribution in [0.2, 0.25) is 0 Å². The molecule has 0 aliphatic heterocycles. The first-order valence-corrected chi connectivity index (χ1v) is 7.69. The van der Waals surface area contributed by atoms with E-state index in [9.17, 15) is 4.79 Å². The largest absolute Gasteiger partial charge is 0.497 e. The lowest BCUT2D eigenvalue weighted by Gasteiger charge is -2.07. The Morgan fingerprint density at radius 3 is 2.50 bits per heavy atom. The van der Waals surface area contributed by atoms with Gasteiger partial charge in [0.25, 0.3) is 0 Å². The Hall–Kier alpha value is -3.02. The summed E-state index contributed by atoms with van der Waals surface area (Å²) in [7, 11) is 1.61. The predicted octanol–water partition coefficient (Wildman–Crippen LogP) is 2.13. The number of methoxy groups -OCH3 is 1. The van der Waals surface area contributed by atoms with Gasteiger partial charge in [-0.25, -0.2) is 0 Å². The smallest absolute Gasteiger partial charge is 0.222 e. The maximum absolute atomic E-state index is 11.8. The number of hydrogen-bond acceptors (Lipinski definition) is 3. The fourth-order valence-electron chi connectivity index (χ4n) is 2.02. The minimum atomic E-state index is -0.0557. The van der Waals surface area contributed by atoms with Crippen molar-refractivity contribution >= 4 is 17.6 Å². The average Bonchev–Trinajstić information content (AvgIpc) is 2.61. The zero-order chi connectivity index (χ0) is 17.2. The minimum absolute atomic E-state index is 0.0557. The first-order chi connectivity index (χ1) is 11.7. The minimum Gasteiger partial charge on any atom is -0.497 e. The van der Waals surface area contributed by atoms with Crippen molar-refractivity contribution < 1.29 is 9.53 Å². The van der Waals surface area contributed by atoms with E-state index in [1.54, 1.807) is 7.11 Å². The second kappa shape index (κ2) is 9.19.